The van der Waals surface area contributed by atoms with E-state index in [1.165, 1.54) is 4.88 Å². The first-order valence-corrected chi connectivity index (χ1v) is 5.14. The molecule has 3 heteroatoms. The second kappa shape index (κ2) is 4.01. The minimum Gasteiger partial charge on any atom is -0.307 e. The van der Waals surface area contributed by atoms with E-state index < -0.39 is 0 Å². The number of hydrogen-bond acceptors (Lipinski definition) is 3. The van der Waals surface area contributed by atoms with Gasteiger partial charge in [0.15, 0.2) is 0 Å². The normalized spacial score (nSPS) is 11.9. The fourth-order valence-electron chi connectivity index (χ4n) is 0.781. The standard InChI is InChI=1S/C9H16N2S/c1-4-9(2,3)11-6-8-5-10-7-12-8/h5,7,11H,4,6H2,1-3H3. The zero-order valence-electron chi connectivity index (χ0n) is 7.92. The Morgan fingerprint density at radius 2 is 2.33 bits per heavy atom. The van der Waals surface area contributed by atoms with Gasteiger partial charge < -0.3 is 5.32 Å². The summed E-state index contributed by atoms with van der Waals surface area (Å²) in [6.07, 6.45) is 3.06. The molecule has 0 aromatic carbocycles. The van der Waals surface area contributed by atoms with E-state index in [1.807, 2.05) is 11.7 Å². The van der Waals surface area contributed by atoms with E-state index in [4.69, 9.17) is 0 Å². The quantitative estimate of drug-likeness (QED) is 0.777. The van der Waals surface area contributed by atoms with Crippen LogP contribution in [0, 0.1) is 0 Å². The monoisotopic (exact) mass is 184 g/mol. The molecular formula is C9H16N2S. The van der Waals surface area contributed by atoms with Crippen LogP contribution in [0.1, 0.15) is 32.1 Å². The van der Waals surface area contributed by atoms with Gasteiger partial charge in [-0.15, -0.1) is 11.3 Å². The fraction of sp³-hybridized carbons (Fsp3) is 0.667. The van der Waals surface area contributed by atoms with Crippen molar-refractivity contribution in [2.45, 2.75) is 39.3 Å². The number of nitrogens with one attached hydrogen (secondary N) is 1. The molecule has 1 aromatic rings. The molecule has 0 bridgehead atoms. The molecule has 1 heterocycles. The van der Waals surface area contributed by atoms with Gasteiger partial charge in [-0.2, -0.15) is 0 Å². The van der Waals surface area contributed by atoms with E-state index in [2.05, 4.69) is 31.1 Å². The van der Waals surface area contributed by atoms with Crippen molar-refractivity contribution in [1.29, 1.82) is 0 Å². The Balaban J connectivity index is 2.36. The van der Waals surface area contributed by atoms with Crippen molar-refractivity contribution in [3.63, 3.8) is 0 Å². The maximum atomic E-state index is 4.03. The van der Waals surface area contributed by atoms with E-state index in [1.54, 1.807) is 11.3 Å². The van der Waals surface area contributed by atoms with E-state index in [0.29, 0.717) is 0 Å². The summed E-state index contributed by atoms with van der Waals surface area (Å²) < 4.78 is 0. The Kier molecular flexibility index (Phi) is 3.23. The van der Waals surface area contributed by atoms with Gasteiger partial charge in [-0.05, 0) is 20.3 Å². The highest BCUT2D eigenvalue weighted by Gasteiger charge is 2.13. The van der Waals surface area contributed by atoms with Gasteiger partial charge in [-0.3, -0.25) is 4.98 Å². The maximum absolute atomic E-state index is 4.03. The van der Waals surface area contributed by atoms with Gasteiger partial charge in [-0.25, -0.2) is 0 Å². The molecule has 0 saturated carbocycles. The van der Waals surface area contributed by atoms with Crippen LogP contribution in [0.25, 0.3) is 0 Å². The van der Waals surface area contributed by atoms with Crippen molar-refractivity contribution in [3.8, 4) is 0 Å². The zero-order chi connectivity index (χ0) is 9.03. The summed E-state index contributed by atoms with van der Waals surface area (Å²) in [7, 11) is 0. The van der Waals surface area contributed by atoms with Gasteiger partial charge in [0, 0.05) is 23.2 Å². The van der Waals surface area contributed by atoms with Gasteiger partial charge in [0.2, 0.25) is 0 Å². The van der Waals surface area contributed by atoms with E-state index in [9.17, 15) is 0 Å². The molecule has 0 atom stereocenters. The molecule has 2 nitrogen and oxygen atoms in total. The highest BCUT2D eigenvalue weighted by molar-refractivity contribution is 7.09. The summed E-state index contributed by atoms with van der Waals surface area (Å²) >= 11 is 1.70. The third-order valence-electron chi connectivity index (χ3n) is 2.11. The van der Waals surface area contributed by atoms with Gasteiger partial charge in [0.25, 0.3) is 0 Å². The van der Waals surface area contributed by atoms with Crippen LogP contribution in [0.2, 0.25) is 0 Å². The lowest BCUT2D eigenvalue weighted by Crippen LogP contribution is -2.37. The highest BCUT2D eigenvalue weighted by atomic mass is 32.1. The largest absolute Gasteiger partial charge is 0.307 e. The van der Waals surface area contributed by atoms with Crippen molar-refractivity contribution >= 4 is 11.3 Å². The molecular weight excluding hydrogens is 168 g/mol. The second-order valence-corrected chi connectivity index (χ2v) is 4.53. The van der Waals surface area contributed by atoms with Crippen molar-refractivity contribution in [1.82, 2.24) is 10.3 Å². The van der Waals surface area contributed by atoms with E-state index in [0.717, 1.165) is 13.0 Å². The van der Waals surface area contributed by atoms with Crippen LogP contribution in [-0.4, -0.2) is 10.5 Å². The fourth-order valence-corrected chi connectivity index (χ4v) is 1.32. The van der Waals surface area contributed by atoms with Crippen molar-refractivity contribution in [2.24, 2.45) is 0 Å². The first-order chi connectivity index (χ1) is 5.64. The summed E-state index contributed by atoms with van der Waals surface area (Å²) in [4.78, 5) is 5.33. The molecule has 0 unspecified atom stereocenters. The summed E-state index contributed by atoms with van der Waals surface area (Å²) in [5, 5.41) is 3.48. The van der Waals surface area contributed by atoms with Crippen LogP contribution in [0.3, 0.4) is 0 Å². The third kappa shape index (κ3) is 2.91. The Bertz CT molecular complexity index is 216. The molecule has 0 aliphatic carbocycles. The molecule has 68 valence electrons. The third-order valence-corrected chi connectivity index (χ3v) is 2.89. The lowest BCUT2D eigenvalue weighted by molar-refractivity contribution is 0.376. The molecule has 0 radical (unpaired) electrons. The minimum absolute atomic E-state index is 0.240. The topological polar surface area (TPSA) is 24.9 Å². The van der Waals surface area contributed by atoms with Gasteiger partial charge in [0.05, 0.1) is 5.51 Å². The molecule has 0 amide bonds. The van der Waals surface area contributed by atoms with Crippen LogP contribution >= 0.6 is 11.3 Å². The Morgan fingerprint density at radius 1 is 1.58 bits per heavy atom. The molecule has 0 aliphatic rings. The second-order valence-electron chi connectivity index (χ2n) is 3.56. The van der Waals surface area contributed by atoms with Crippen molar-refractivity contribution in [3.05, 3.63) is 16.6 Å². The number of rotatable bonds is 4. The first-order valence-electron chi connectivity index (χ1n) is 4.26. The Labute approximate surface area is 78.0 Å². The van der Waals surface area contributed by atoms with Gasteiger partial charge in [0.1, 0.15) is 0 Å². The highest BCUT2D eigenvalue weighted by Crippen LogP contribution is 2.10. The van der Waals surface area contributed by atoms with Crippen LogP contribution < -0.4 is 5.32 Å². The Morgan fingerprint density at radius 3 is 2.83 bits per heavy atom. The van der Waals surface area contributed by atoms with Gasteiger partial charge in [-0.1, -0.05) is 6.92 Å². The summed E-state index contributed by atoms with van der Waals surface area (Å²) in [6, 6.07) is 0. The predicted octanol–water partition coefficient (Wildman–Crippen LogP) is 2.42. The Hall–Kier alpha value is -0.410. The predicted molar refractivity (Wildman–Crippen MR) is 53.3 cm³/mol. The van der Waals surface area contributed by atoms with Crippen LogP contribution in [0.4, 0.5) is 0 Å². The lowest BCUT2D eigenvalue weighted by Gasteiger charge is -2.23. The minimum atomic E-state index is 0.240. The lowest BCUT2D eigenvalue weighted by atomic mass is 10.0. The van der Waals surface area contributed by atoms with E-state index >= 15 is 0 Å². The SMILES string of the molecule is CCC(C)(C)NCc1cncs1. The average Bonchev–Trinajstić information content (AvgIpc) is 2.53. The number of thiazole rings is 1. The van der Waals surface area contributed by atoms with Crippen molar-refractivity contribution in [2.75, 3.05) is 0 Å². The molecule has 1 rings (SSSR count). The molecule has 1 aromatic heterocycles. The molecule has 1 N–H and O–H groups in total. The number of nitrogens with zero attached hydrogens (tertiary/aromatic N) is 1. The van der Waals surface area contributed by atoms with Crippen LogP contribution in [-0.2, 0) is 6.54 Å². The molecule has 0 spiro atoms. The average molecular weight is 184 g/mol. The molecule has 0 saturated heterocycles. The smallest absolute Gasteiger partial charge is 0.0794 e. The first kappa shape index (κ1) is 9.68. The molecule has 12 heavy (non-hydrogen) atoms. The van der Waals surface area contributed by atoms with Crippen molar-refractivity contribution < 1.29 is 0 Å². The maximum Gasteiger partial charge on any atom is 0.0794 e. The zero-order valence-corrected chi connectivity index (χ0v) is 8.74. The summed E-state index contributed by atoms with van der Waals surface area (Å²) in [6.45, 7) is 7.56. The van der Waals surface area contributed by atoms with Crippen LogP contribution in [0.15, 0.2) is 11.7 Å². The van der Waals surface area contributed by atoms with E-state index in [-0.39, 0.29) is 5.54 Å². The molecule has 0 fully saturated rings. The number of aromatic nitrogens is 1. The summed E-state index contributed by atoms with van der Waals surface area (Å²) in [5.74, 6) is 0. The molecule has 0 aliphatic heterocycles. The van der Waals surface area contributed by atoms with Crippen LogP contribution in [0.5, 0.6) is 0 Å². The summed E-state index contributed by atoms with van der Waals surface area (Å²) in [5.41, 5.74) is 2.11. The van der Waals surface area contributed by atoms with Gasteiger partial charge >= 0.3 is 0 Å². The number of hydrogen-bond donors (Lipinski definition) is 1.